The fourth-order valence-corrected chi connectivity index (χ4v) is 7.01. The molecule has 2 unspecified atom stereocenters. The zero-order valence-corrected chi connectivity index (χ0v) is 26.4. The minimum Gasteiger partial charge on any atom is -0.480 e. The van der Waals surface area contributed by atoms with E-state index in [4.69, 9.17) is 9.47 Å². The number of nitrogens with zero attached hydrogens (tertiary/aromatic N) is 1. The molecule has 12 heteroatoms. The Morgan fingerprint density at radius 1 is 0.891 bits per heavy atom. The number of benzene rings is 1. The Balaban J connectivity index is 1.33. The number of carbonyl (C=O) groups excluding carboxylic acids is 4. The highest BCUT2D eigenvalue weighted by Gasteiger charge is 2.49. The highest BCUT2D eigenvalue weighted by Crippen LogP contribution is 2.22. The molecule has 4 N–H and O–H groups in total. The summed E-state index contributed by atoms with van der Waals surface area (Å²) < 4.78 is 11.5. The molecule has 46 heavy (non-hydrogen) atoms. The average molecular weight is 640 g/mol. The van der Waals surface area contributed by atoms with Gasteiger partial charge in [-0.1, -0.05) is 49.3 Å². The third-order valence-corrected chi connectivity index (χ3v) is 9.61. The molecule has 12 nitrogen and oxygen atoms in total. The van der Waals surface area contributed by atoms with Crippen molar-refractivity contribution in [2.24, 2.45) is 0 Å². The van der Waals surface area contributed by atoms with E-state index in [1.807, 2.05) is 36.4 Å². The topological polar surface area (TPSA) is 156 Å². The Hall–Kier alpha value is -3.93. The summed E-state index contributed by atoms with van der Waals surface area (Å²) in [5.41, 5.74) is 2.24. The Kier molecular flexibility index (Phi) is 11.7. The van der Waals surface area contributed by atoms with Gasteiger partial charge in [0.2, 0.25) is 0 Å². The average Bonchev–Trinajstić information content (AvgIpc) is 3.71. The first-order valence-electron chi connectivity index (χ1n) is 16.9. The van der Waals surface area contributed by atoms with Gasteiger partial charge >= 0.3 is 24.1 Å². The summed E-state index contributed by atoms with van der Waals surface area (Å²) in [5, 5.41) is 15.2. The lowest BCUT2D eigenvalue weighted by atomic mass is 10.0. The van der Waals surface area contributed by atoms with Crippen LogP contribution in [0, 0.1) is 0 Å². The molecule has 3 aliphatic heterocycles. The summed E-state index contributed by atoms with van der Waals surface area (Å²) in [4.78, 5) is 67.9. The van der Waals surface area contributed by atoms with E-state index in [0.717, 1.165) is 50.5 Å². The predicted octanol–water partition coefficient (Wildman–Crippen LogP) is 2.64. The Bertz CT molecular complexity index is 1300. The Labute approximate surface area is 269 Å². The number of alkyl carbamates (subject to hydrolysis) is 1. The number of hydrogen-bond donors (Lipinski definition) is 4. The largest absolute Gasteiger partial charge is 0.480 e. The van der Waals surface area contributed by atoms with Gasteiger partial charge < -0.3 is 30.1 Å². The van der Waals surface area contributed by atoms with Gasteiger partial charge in [-0.25, -0.2) is 19.2 Å². The molecule has 0 aromatic heterocycles. The standard InChI is InChI=1S/C34H46N4O8/c39-30-29-20-26(46-34(44)37-19-18-23-12-8-9-13-24(23)21-37)22-38(29)31(40)27(36-33(43)45-25-14-10-11-15-25)16-6-4-2-1-3-5-7-17-28(35-30)32(41)42/h3,5,8-9,12-13,25-29H,1-2,4,6-7,10-11,14-22H2,(H,35,39)(H,36,43)(H,41,42)/p+1/t26-,27+,28-,29?/m1/s1. The van der Waals surface area contributed by atoms with Crippen molar-refractivity contribution in [1.82, 2.24) is 15.5 Å². The lowest BCUT2D eigenvalue weighted by molar-refractivity contribution is -0.825. The number of quaternary nitrogens is 1. The van der Waals surface area contributed by atoms with Gasteiger partial charge in [-0.15, -0.1) is 0 Å². The number of rotatable bonds is 4. The SMILES string of the molecule is O=C(N[C@H]1CCCCCC=CCC[C@H](C(=O)O)NC(=O)C2C[C@@H](OC(=O)N3CCc4ccccc4C3)C[NH+]2C1=O)OC1CCCC1. The van der Waals surface area contributed by atoms with Crippen molar-refractivity contribution in [2.45, 2.75) is 120 Å². The molecule has 0 radical (unpaired) electrons. The minimum absolute atomic E-state index is 0.0312. The first-order valence-corrected chi connectivity index (χ1v) is 16.9. The normalized spacial score (nSPS) is 28.1. The molecule has 0 spiro atoms. The summed E-state index contributed by atoms with van der Waals surface area (Å²) in [6, 6.07) is 4.89. The van der Waals surface area contributed by atoms with E-state index in [-0.39, 0.29) is 30.4 Å². The molecule has 1 aliphatic carbocycles. The van der Waals surface area contributed by atoms with Crippen LogP contribution in [0.2, 0.25) is 0 Å². The summed E-state index contributed by atoms with van der Waals surface area (Å²) in [5.74, 6) is -2.14. The Morgan fingerprint density at radius 2 is 1.63 bits per heavy atom. The van der Waals surface area contributed by atoms with Crippen LogP contribution < -0.4 is 15.5 Å². The number of allylic oxidation sites excluding steroid dienone is 2. The molecular weight excluding hydrogens is 592 g/mol. The van der Waals surface area contributed by atoms with Crippen LogP contribution in [0.5, 0.6) is 0 Å². The van der Waals surface area contributed by atoms with Gasteiger partial charge in [-0.2, -0.15) is 0 Å². The van der Waals surface area contributed by atoms with Gasteiger partial charge in [-0.3, -0.25) is 9.69 Å². The number of carboxylic acid groups (broad SMARTS) is 1. The minimum atomic E-state index is -1.16. The maximum absolute atomic E-state index is 14.2. The van der Waals surface area contributed by atoms with Gasteiger partial charge in [-0.05, 0) is 75.3 Å². The zero-order chi connectivity index (χ0) is 32.5. The van der Waals surface area contributed by atoms with Crippen LogP contribution in [0.25, 0.3) is 0 Å². The van der Waals surface area contributed by atoms with Crippen molar-refractivity contribution >= 4 is 30.0 Å². The van der Waals surface area contributed by atoms with Gasteiger partial charge in [0, 0.05) is 13.1 Å². The van der Waals surface area contributed by atoms with E-state index in [9.17, 15) is 29.1 Å². The second kappa shape index (κ2) is 16.1. The second-order valence-electron chi connectivity index (χ2n) is 12.9. The van der Waals surface area contributed by atoms with Crippen molar-refractivity contribution in [3.8, 4) is 0 Å². The maximum atomic E-state index is 14.2. The molecule has 5 atom stereocenters. The summed E-state index contributed by atoms with van der Waals surface area (Å²) >= 11 is 0. The molecular formula is C34H47N4O8+. The van der Waals surface area contributed by atoms with E-state index in [1.54, 1.807) is 4.90 Å². The molecule has 1 aromatic carbocycles. The quantitative estimate of drug-likeness (QED) is 0.367. The van der Waals surface area contributed by atoms with Crippen molar-refractivity contribution in [3.05, 3.63) is 47.5 Å². The molecule has 1 aromatic rings. The summed E-state index contributed by atoms with van der Waals surface area (Å²) in [6.07, 6.45) is 10.5. The number of hydrogen-bond acceptors (Lipinski definition) is 7. The van der Waals surface area contributed by atoms with Crippen LogP contribution in [-0.4, -0.2) is 83.4 Å². The van der Waals surface area contributed by atoms with Crippen LogP contribution >= 0.6 is 0 Å². The number of ether oxygens (including phenoxy) is 2. The van der Waals surface area contributed by atoms with Crippen molar-refractivity contribution < 1.29 is 43.5 Å². The van der Waals surface area contributed by atoms with Gasteiger partial charge in [0.15, 0.2) is 12.1 Å². The highest BCUT2D eigenvalue weighted by atomic mass is 16.6. The number of carbonyl (C=O) groups is 5. The number of amides is 4. The van der Waals surface area contributed by atoms with Crippen LogP contribution in [0.4, 0.5) is 9.59 Å². The first-order chi connectivity index (χ1) is 22.3. The molecule has 4 aliphatic rings. The number of nitrogens with one attached hydrogen (secondary N) is 3. The van der Waals surface area contributed by atoms with E-state index in [1.165, 1.54) is 5.56 Å². The lowest BCUT2D eigenvalue weighted by Crippen LogP contribution is -3.19. The molecule has 1 saturated carbocycles. The van der Waals surface area contributed by atoms with Gasteiger partial charge in [0.1, 0.15) is 24.7 Å². The van der Waals surface area contributed by atoms with Crippen molar-refractivity contribution in [2.75, 3.05) is 13.1 Å². The van der Waals surface area contributed by atoms with Crippen LogP contribution in [-0.2, 0) is 36.8 Å². The summed E-state index contributed by atoms with van der Waals surface area (Å²) in [7, 11) is 0. The molecule has 4 amide bonds. The van der Waals surface area contributed by atoms with E-state index >= 15 is 0 Å². The van der Waals surface area contributed by atoms with E-state index in [2.05, 4.69) is 10.6 Å². The number of fused-ring (bicyclic) bond motifs is 2. The molecule has 2 fully saturated rings. The Morgan fingerprint density at radius 3 is 2.41 bits per heavy atom. The third kappa shape index (κ3) is 8.86. The summed E-state index contributed by atoms with van der Waals surface area (Å²) in [6.45, 7) is 0.931. The monoisotopic (exact) mass is 639 g/mol. The molecule has 1 saturated heterocycles. The maximum Gasteiger partial charge on any atom is 0.410 e. The lowest BCUT2D eigenvalue weighted by Gasteiger charge is -2.28. The van der Waals surface area contributed by atoms with Crippen molar-refractivity contribution in [3.63, 3.8) is 0 Å². The third-order valence-electron chi connectivity index (χ3n) is 9.61. The number of carboxylic acids is 1. The van der Waals surface area contributed by atoms with E-state index in [0.29, 0.717) is 38.8 Å². The van der Waals surface area contributed by atoms with Crippen molar-refractivity contribution in [1.29, 1.82) is 0 Å². The van der Waals surface area contributed by atoms with Crippen LogP contribution in [0.15, 0.2) is 36.4 Å². The number of aliphatic carboxylic acids is 1. The van der Waals surface area contributed by atoms with E-state index < -0.39 is 54.2 Å². The molecule has 5 rings (SSSR count). The smallest absolute Gasteiger partial charge is 0.410 e. The fourth-order valence-electron chi connectivity index (χ4n) is 7.01. The second-order valence-corrected chi connectivity index (χ2v) is 12.9. The zero-order valence-electron chi connectivity index (χ0n) is 26.4. The van der Waals surface area contributed by atoms with Crippen LogP contribution in [0.3, 0.4) is 0 Å². The first kappa shape index (κ1) is 33.4. The predicted molar refractivity (Wildman–Crippen MR) is 167 cm³/mol. The molecule has 0 bridgehead atoms. The highest BCUT2D eigenvalue weighted by molar-refractivity contribution is 5.88. The molecule has 3 heterocycles. The molecule has 250 valence electrons. The van der Waals surface area contributed by atoms with Gasteiger partial charge in [0.25, 0.3) is 5.91 Å². The van der Waals surface area contributed by atoms with Crippen LogP contribution in [0.1, 0.15) is 88.2 Å². The van der Waals surface area contributed by atoms with Gasteiger partial charge in [0.05, 0.1) is 6.42 Å². The fraction of sp³-hybridized carbons (Fsp3) is 0.618.